The third kappa shape index (κ3) is 6.10. The second kappa shape index (κ2) is 8.82. The Hall–Kier alpha value is -3.28. The molecule has 0 heterocycles. The molecule has 0 bridgehead atoms. The monoisotopic (exact) mass is 399 g/mol. The van der Waals surface area contributed by atoms with Gasteiger partial charge in [-0.15, -0.1) is 13.2 Å². The first-order valence-electron chi connectivity index (χ1n) is 9.14. The number of carbonyl (C=O) groups is 1. The minimum atomic E-state index is -4.68. The normalized spacial score (nSPS) is 11.3. The van der Waals surface area contributed by atoms with Gasteiger partial charge in [-0.2, -0.15) is 0 Å². The van der Waals surface area contributed by atoms with Crippen molar-refractivity contribution in [1.29, 1.82) is 0 Å². The number of benzene rings is 3. The molecule has 3 rings (SSSR count). The van der Waals surface area contributed by atoms with Gasteiger partial charge in [0, 0.05) is 5.56 Å². The standard InChI is InChI=1S/C23H20F3NO2/c24-23(25,26)29-21-9-2-6-17(14-21)5-1-4-16-10-12-18(13-11-16)19-7-3-8-20(15-19)22(27)28/h2-3,6-15H,1,4-5H2,(H2,27,28). The van der Waals surface area contributed by atoms with Crippen molar-refractivity contribution in [2.75, 3.05) is 0 Å². The highest BCUT2D eigenvalue weighted by Crippen LogP contribution is 2.24. The number of ether oxygens (including phenoxy) is 1. The van der Waals surface area contributed by atoms with Gasteiger partial charge in [0.25, 0.3) is 0 Å². The lowest BCUT2D eigenvalue weighted by Crippen LogP contribution is -2.17. The summed E-state index contributed by atoms with van der Waals surface area (Å²) >= 11 is 0. The van der Waals surface area contributed by atoms with Crippen LogP contribution in [-0.2, 0) is 12.8 Å². The van der Waals surface area contributed by atoms with Crippen molar-refractivity contribution >= 4 is 5.91 Å². The fourth-order valence-corrected chi connectivity index (χ4v) is 3.11. The molecule has 1 amide bonds. The largest absolute Gasteiger partial charge is 0.573 e. The molecule has 0 fully saturated rings. The van der Waals surface area contributed by atoms with E-state index in [9.17, 15) is 18.0 Å². The number of amides is 1. The predicted octanol–water partition coefficient (Wildman–Crippen LogP) is 5.53. The second-order valence-corrected chi connectivity index (χ2v) is 6.69. The average Bonchev–Trinajstić information content (AvgIpc) is 2.68. The van der Waals surface area contributed by atoms with Gasteiger partial charge in [0.15, 0.2) is 0 Å². The number of halogens is 3. The Kier molecular flexibility index (Phi) is 6.22. The Morgan fingerprint density at radius 2 is 1.52 bits per heavy atom. The zero-order chi connectivity index (χ0) is 20.9. The molecule has 0 saturated carbocycles. The molecule has 3 aromatic carbocycles. The maximum atomic E-state index is 12.3. The summed E-state index contributed by atoms with van der Waals surface area (Å²) in [6.45, 7) is 0. The molecule has 3 nitrogen and oxygen atoms in total. The first kappa shape index (κ1) is 20.5. The van der Waals surface area contributed by atoms with E-state index in [2.05, 4.69) is 4.74 Å². The molecule has 0 aromatic heterocycles. The van der Waals surface area contributed by atoms with E-state index in [-0.39, 0.29) is 5.75 Å². The molecule has 150 valence electrons. The molecule has 0 saturated heterocycles. The van der Waals surface area contributed by atoms with Crippen LogP contribution in [0.3, 0.4) is 0 Å². The Morgan fingerprint density at radius 3 is 2.21 bits per heavy atom. The van der Waals surface area contributed by atoms with Gasteiger partial charge in [0.1, 0.15) is 5.75 Å². The SMILES string of the molecule is NC(=O)c1cccc(-c2ccc(CCCc3cccc(OC(F)(F)F)c3)cc2)c1. The highest BCUT2D eigenvalue weighted by atomic mass is 19.4. The number of carbonyl (C=O) groups excluding carboxylic acids is 1. The van der Waals surface area contributed by atoms with Crippen molar-refractivity contribution in [3.63, 3.8) is 0 Å². The highest BCUT2D eigenvalue weighted by Gasteiger charge is 2.31. The first-order valence-corrected chi connectivity index (χ1v) is 9.14. The highest BCUT2D eigenvalue weighted by molar-refractivity contribution is 5.94. The zero-order valence-corrected chi connectivity index (χ0v) is 15.6. The number of rotatable bonds is 7. The fourth-order valence-electron chi connectivity index (χ4n) is 3.11. The molecular weight excluding hydrogens is 379 g/mol. The van der Waals surface area contributed by atoms with E-state index in [1.807, 2.05) is 30.3 Å². The molecule has 0 aliphatic heterocycles. The molecule has 0 spiro atoms. The van der Waals surface area contributed by atoms with Crippen LogP contribution in [0.1, 0.15) is 27.9 Å². The molecule has 0 aliphatic carbocycles. The van der Waals surface area contributed by atoms with Crippen LogP contribution >= 0.6 is 0 Å². The van der Waals surface area contributed by atoms with Crippen LogP contribution in [0.4, 0.5) is 13.2 Å². The van der Waals surface area contributed by atoms with Crippen LogP contribution < -0.4 is 10.5 Å². The van der Waals surface area contributed by atoms with Gasteiger partial charge in [-0.3, -0.25) is 4.79 Å². The van der Waals surface area contributed by atoms with Crippen molar-refractivity contribution in [2.45, 2.75) is 25.6 Å². The third-order valence-corrected chi connectivity index (χ3v) is 4.50. The minimum absolute atomic E-state index is 0.197. The maximum absolute atomic E-state index is 12.3. The molecule has 29 heavy (non-hydrogen) atoms. The predicted molar refractivity (Wildman–Crippen MR) is 106 cm³/mol. The molecule has 0 aliphatic rings. The Bertz CT molecular complexity index is 982. The molecule has 0 radical (unpaired) electrons. The lowest BCUT2D eigenvalue weighted by Gasteiger charge is -2.10. The summed E-state index contributed by atoms with van der Waals surface area (Å²) < 4.78 is 40.9. The molecule has 3 aromatic rings. The van der Waals surface area contributed by atoms with Crippen molar-refractivity contribution in [1.82, 2.24) is 0 Å². The van der Waals surface area contributed by atoms with Crippen LogP contribution in [0, 0.1) is 0 Å². The zero-order valence-electron chi connectivity index (χ0n) is 15.6. The van der Waals surface area contributed by atoms with E-state index >= 15 is 0 Å². The summed E-state index contributed by atoms with van der Waals surface area (Å²) in [5, 5.41) is 0. The van der Waals surface area contributed by atoms with Gasteiger partial charge in [0.2, 0.25) is 5.91 Å². The Morgan fingerprint density at radius 1 is 0.828 bits per heavy atom. The van der Waals surface area contributed by atoms with E-state index in [1.54, 1.807) is 30.3 Å². The van der Waals surface area contributed by atoms with Crippen LogP contribution in [0.15, 0.2) is 72.8 Å². The second-order valence-electron chi connectivity index (χ2n) is 6.69. The van der Waals surface area contributed by atoms with Crippen LogP contribution in [0.25, 0.3) is 11.1 Å². The van der Waals surface area contributed by atoms with Gasteiger partial charge < -0.3 is 10.5 Å². The number of primary amides is 1. The average molecular weight is 399 g/mol. The summed E-state index contributed by atoms with van der Waals surface area (Å²) in [7, 11) is 0. The topological polar surface area (TPSA) is 52.3 Å². The van der Waals surface area contributed by atoms with Gasteiger partial charge >= 0.3 is 6.36 Å². The van der Waals surface area contributed by atoms with Gasteiger partial charge in [-0.1, -0.05) is 48.5 Å². The molecular formula is C23H20F3NO2. The number of alkyl halides is 3. The third-order valence-electron chi connectivity index (χ3n) is 4.50. The number of nitrogens with two attached hydrogens (primary N) is 1. The van der Waals surface area contributed by atoms with E-state index in [0.717, 1.165) is 35.1 Å². The fraction of sp³-hybridized carbons (Fsp3) is 0.174. The maximum Gasteiger partial charge on any atom is 0.573 e. The summed E-state index contributed by atoms with van der Waals surface area (Å²) in [4.78, 5) is 11.3. The van der Waals surface area contributed by atoms with Crippen molar-refractivity contribution < 1.29 is 22.7 Å². The summed E-state index contributed by atoms with van der Waals surface area (Å²) in [5.74, 6) is -0.661. The number of hydrogen-bond acceptors (Lipinski definition) is 2. The first-order chi connectivity index (χ1) is 13.8. The molecule has 0 atom stereocenters. The van der Waals surface area contributed by atoms with Crippen molar-refractivity contribution in [3.8, 4) is 16.9 Å². The van der Waals surface area contributed by atoms with Crippen LogP contribution in [0.2, 0.25) is 0 Å². The van der Waals surface area contributed by atoms with E-state index < -0.39 is 12.3 Å². The van der Waals surface area contributed by atoms with Crippen LogP contribution in [0.5, 0.6) is 5.75 Å². The van der Waals surface area contributed by atoms with Gasteiger partial charge in [-0.05, 0) is 65.8 Å². The summed E-state index contributed by atoms with van der Waals surface area (Å²) in [6.07, 6.45) is -2.44. The lowest BCUT2D eigenvalue weighted by atomic mass is 9.99. The number of hydrogen-bond donors (Lipinski definition) is 1. The summed E-state index contributed by atoms with van der Waals surface area (Å²) in [5.41, 5.74) is 9.60. The van der Waals surface area contributed by atoms with Crippen LogP contribution in [-0.4, -0.2) is 12.3 Å². The van der Waals surface area contributed by atoms with Gasteiger partial charge in [0.05, 0.1) is 0 Å². The Balaban J connectivity index is 1.58. The van der Waals surface area contributed by atoms with E-state index in [0.29, 0.717) is 12.0 Å². The van der Waals surface area contributed by atoms with E-state index in [4.69, 9.17) is 5.73 Å². The molecule has 6 heteroatoms. The minimum Gasteiger partial charge on any atom is -0.406 e. The molecule has 2 N–H and O–H groups in total. The molecule has 0 unspecified atom stereocenters. The van der Waals surface area contributed by atoms with Crippen molar-refractivity contribution in [3.05, 3.63) is 89.5 Å². The van der Waals surface area contributed by atoms with Crippen molar-refractivity contribution in [2.24, 2.45) is 5.73 Å². The van der Waals surface area contributed by atoms with E-state index in [1.165, 1.54) is 12.1 Å². The smallest absolute Gasteiger partial charge is 0.406 e. The quantitative estimate of drug-likeness (QED) is 0.568. The van der Waals surface area contributed by atoms with Gasteiger partial charge in [-0.25, -0.2) is 0 Å². The summed E-state index contributed by atoms with van der Waals surface area (Å²) in [6, 6.07) is 21.2. The number of aryl methyl sites for hydroxylation is 2. The Labute approximate surface area is 166 Å². The lowest BCUT2D eigenvalue weighted by molar-refractivity contribution is -0.274.